The predicted molar refractivity (Wildman–Crippen MR) is 110 cm³/mol. The van der Waals surface area contributed by atoms with Gasteiger partial charge in [0.25, 0.3) is 5.91 Å². The van der Waals surface area contributed by atoms with Crippen LogP contribution in [0.25, 0.3) is 0 Å². The molecule has 1 aromatic heterocycles. The van der Waals surface area contributed by atoms with Gasteiger partial charge in [0.05, 0.1) is 21.7 Å². The Kier molecular flexibility index (Phi) is 5.29. The van der Waals surface area contributed by atoms with Crippen LogP contribution in [-0.4, -0.2) is 16.1 Å². The topological polar surface area (TPSA) is 66.9 Å². The lowest BCUT2D eigenvalue weighted by molar-refractivity contribution is 0.102. The summed E-state index contributed by atoms with van der Waals surface area (Å²) in [5.41, 5.74) is 2.90. The van der Waals surface area contributed by atoms with Crippen molar-refractivity contribution in [1.82, 2.24) is 10.2 Å². The van der Waals surface area contributed by atoms with Crippen molar-refractivity contribution in [2.75, 3.05) is 10.6 Å². The molecule has 1 aliphatic carbocycles. The zero-order chi connectivity index (χ0) is 18.8. The number of halogens is 2. The molecule has 27 heavy (non-hydrogen) atoms. The number of aryl methyl sites for hydroxylation is 1. The van der Waals surface area contributed by atoms with E-state index < -0.39 is 5.91 Å². The van der Waals surface area contributed by atoms with Crippen LogP contribution in [0.15, 0.2) is 42.5 Å². The van der Waals surface area contributed by atoms with Crippen molar-refractivity contribution in [3.8, 4) is 0 Å². The normalized spacial score (nSPS) is 15.9. The first kappa shape index (κ1) is 18.2. The molecule has 0 radical (unpaired) electrons. The first-order valence-corrected chi connectivity index (χ1v) is 10.1. The fourth-order valence-corrected chi connectivity index (χ4v) is 4.52. The van der Waals surface area contributed by atoms with E-state index in [1.54, 1.807) is 18.2 Å². The lowest BCUT2D eigenvalue weighted by atomic mass is 9.88. The SMILES string of the molecule is O=C(Nc1nnc(NC2CCCc3ccccc32)s1)c1c(Cl)cccc1Cl. The molecule has 4 rings (SSSR count). The molecule has 2 N–H and O–H groups in total. The maximum Gasteiger partial charge on any atom is 0.260 e. The van der Waals surface area contributed by atoms with Crippen LogP contribution < -0.4 is 10.6 Å². The summed E-state index contributed by atoms with van der Waals surface area (Å²) < 4.78 is 0. The fraction of sp³-hybridized carbons (Fsp3) is 0.211. The summed E-state index contributed by atoms with van der Waals surface area (Å²) in [6, 6.07) is 13.6. The third kappa shape index (κ3) is 3.93. The summed E-state index contributed by atoms with van der Waals surface area (Å²) >= 11 is 13.4. The number of nitrogens with one attached hydrogen (secondary N) is 2. The van der Waals surface area contributed by atoms with E-state index in [9.17, 15) is 4.79 Å². The largest absolute Gasteiger partial charge is 0.353 e. The fourth-order valence-electron chi connectivity index (χ4n) is 3.26. The van der Waals surface area contributed by atoms with Gasteiger partial charge in [-0.05, 0) is 42.5 Å². The van der Waals surface area contributed by atoms with E-state index in [4.69, 9.17) is 23.2 Å². The Bertz CT molecular complexity index is 971. The molecule has 1 unspecified atom stereocenters. The molecule has 2 aromatic carbocycles. The number of hydrogen-bond donors (Lipinski definition) is 2. The summed E-state index contributed by atoms with van der Waals surface area (Å²) in [6.45, 7) is 0. The van der Waals surface area contributed by atoms with Crippen molar-refractivity contribution < 1.29 is 4.79 Å². The summed E-state index contributed by atoms with van der Waals surface area (Å²) in [7, 11) is 0. The number of carbonyl (C=O) groups excluding carboxylic acids is 1. The van der Waals surface area contributed by atoms with Gasteiger partial charge in [0, 0.05) is 0 Å². The molecule has 0 bridgehead atoms. The van der Waals surface area contributed by atoms with Crippen molar-refractivity contribution in [2.45, 2.75) is 25.3 Å². The maximum atomic E-state index is 12.5. The van der Waals surface area contributed by atoms with E-state index in [1.165, 1.54) is 22.5 Å². The average molecular weight is 419 g/mol. The molecule has 5 nitrogen and oxygen atoms in total. The van der Waals surface area contributed by atoms with E-state index in [1.807, 2.05) is 0 Å². The van der Waals surface area contributed by atoms with E-state index in [-0.39, 0.29) is 11.6 Å². The second-order valence-corrected chi connectivity index (χ2v) is 8.04. The minimum absolute atomic E-state index is 0.199. The van der Waals surface area contributed by atoms with Crippen molar-refractivity contribution in [2.24, 2.45) is 0 Å². The van der Waals surface area contributed by atoms with Gasteiger partial charge in [-0.1, -0.05) is 64.9 Å². The van der Waals surface area contributed by atoms with Crippen LogP contribution in [-0.2, 0) is 6.42 Å². The standard InChI is InChI=1S/C19H16Cl2N4OS/c20-13-8-4-9-14(21)16(13)17(26)23-19-25-24-18(27-19)22-15-10-3-6-11-5-1-2-7-12(11)15/h1-2,4-5,7-9,15H,3,6,10H2,(H,22,24)(H,23,25,26). The number of benzene rings is 2. The van der Waals surface area contributed by atoms with Gasteiger partial charge < -0.3 is 5.32 Å². The van der Waals surface area contributed by atoms with Crippen LogP contribution in [0.2, 0.25) is 10.0 Å². The Morgan fingerprint density at radius 2 is 1.78 bits per heavy atom. The van der Waals surface area contributed by atoms with E-state index in [0.717, 1.165) is 19.3 Å². The molecular formula is C19H16Cl2N4OS. The molecule has 1 atom stereocenters. The van der Waals surface area contributed by atoms with Gasteiger partial charge in [0.1, 0.15) is 0 Å². The Morgan fingerprint density at radius 1 is 1.04 bits per heavy atom. The highest BCUT2D eigenvalue weighted by Crippen LogP contribution is 2.34. The predicted octanol–water partition coefficient (Wildman–Crippen LogP) is 5.59. The zero-order valence-corrected chi connectivity index (χ0v) is 16.5. The summed E-state index contributed by atoms with van der Waals surface area (Å²) in [5, 5.41) is 16.0. The third-order valence-electron chi connectivity index (χ3n) is 4.50. The molecule has 1 heterocycles. The molecular weight excluding hydrogens is 403 g/mol. The van der Waals surface area contributed by atoms with Crippen LogP contribution in [0.4, 0.5) is 10.3 Å². The minimum atomic E-state index is -0.406. The lowest BCUT2D eigenvalue weighted by Gasteiger charge is -2.25. The highest BCUT2D eigenvalue weighted by Gasteiger charge is 2.21. The quantitative estimate of drug-likeness (QED) is 0.579. The van der Waals surface area contributed by atoms with Gasteiger partial charge in [0.15, 0.2) is 0 Å². The van der Waals surface area contributed by atoms with E-state index in [2.05, 4.69) is 45.1 Å². The first-order valence-electron chi connectivity index (χ1n) is 8.55. The van der Waals surface area contributed by atoms with Gasteiger partial charge >= 0.3 is 0 Å². The molecule has 8 heteroatoms. The zero-order valence-electron chi connectivity index (χ0n) is 14.2. The van der Waals surface area contributed by atoms with Crippen molar-refractivity contribution in [3.63, 3.8) is 0 Å². The molecule has 1 amide bonds. The number of nitrogens with zero attached hydrogens (tertiary/aromatic N) is 2. The first-order chi connectivity index (χ1) is 13.1. The van der Waals surface area contributed by atoms with Gasteiger partial charge in [-0.15, -0.1) is 10.2 Å². The Morgan fingerprint density at radius 3 is 2.59 bits per heavy atom. The smallest absolute Gasteiger partial charge is 0.260 e. The van der Waals surface area contributed by atoms with Crippen molar-refractivity contribution in [1.29, 1.82) is 0 Å². The van der Waals surface area contributed by atoms with Gasteiger partial charge in [-0.2, -0.15) is 0 Å². The van der Waals surface area contributed by atoms with Crippen LogP contribution >= 0.6 is 34.5 Å². The maximum absolute atomic E-state index is 12.5. The van der Waals surface area contributed by atoms with Gasteiger partial charge in [-0.25, -0.2) is 0 Å². The summed E-state index contributed by atoms with van der Waals surface area (Å²) in [4.78, 5) is 12.5. The molecule has 0 saturated heterocycles. The monoisotopic (exact) mass is 418 g/mol. The molecule has 1 aliphatic rings. The lowest BCUT2D eigenvalue weighted by Crippen LogP contribution is -2.17. The molecule has 0 saturated carbocycles. The van der Waals surface area contributed by atoms with E-state index in [0.29, 0.717) is 20.3 Å². The highest BCUT2D eigenvalue weighted by molar-refractivity contribution is 7.19. The summed E-state index contributed by atoms with van der Waals surface area (Å²) in [6.07, 6.45) is 3.26. The second kappa shape index (κ2) is 7.84. The Hall–Kier alpha value is -2.15. The highest BCUT2D eigenvalue weighted by atomic mass is 35.5. The van der Waals surface area contributed by atoms with E-state index >= 15 is 0 Å². The number of carbonyl (C=O) groups is 1. The molecule has 0 spiro atoms. The third-order valence-corrected chi connectivity index (χ3v) is 5.90. The second-order valence-electron chi connectivity index (χ2n) is 6.25. The van der Waals surface area contributed by atoms with Crippen LogP contribution in [0, 0.1) is 0 Å². The molecule has 3 aromatic rings. The van der Waals surface area contributed by atoms with Gasteiger partial charge in [0.2, 0.25) is 10.3 Å². The molecule has 138 valence electrons. The Balaban J connectivity index is 1.48. The van der Waals surface area contributed by atoms with Crippen molar-refractivity contribution in [3.05, 3.63) is 69.2 Å². The van der Waals surface area contributed by atoms with Crippen LogP contribution in [0.5, 0.6) is 0 Å². The Labute approximate surface area is 170 Å². The number of aromatic nitrogens is 2. The molecule has 0 fully saturated rings. The molecule has 0 aliphatic heterocycles. The number of hydrogen-bond acceptors (Lipinski definition) is 5. The van der Waals surface area contributed by atoms with Crippen molar-refractivity contribution >= 4 is 50.7 Å². The van der Waals surface area contributed by atoms with Gasteiger partial charge in [-0.3, -0.25) is 10.1 Å². The average Bonchev–Trinajstić information content (AvgIpc) is 3.09. The minimum Gasteiger partial charge on any atom is -0.353 e. The number of fused-ring (bicyclic) bond motifs is 1. The summed E-state index contributed by atoms with van der Waals surface area (Å²) in [5.74, 6) is -0.406. The number of rotatable bonds is 4. The van der Waals surface area contributed by atoms with Crippen LogP contribution in [0.1, 0.15) is 40.4 Å². The number of amides is 1. The number of anilines is 2. The van der Waals surface area contributed by atoms with Crippen LogP contribution in [0.3, 0.4) is 0 Å².